The number of fused-ring (bicyclic) bond motifs is 1. The molecule has 1 aliphatic rings. The highest BCUT2D eigenvalue weighted by molar-refractivity contribution is 5.78. The molecule has 1 aromatic carbocycles. The molecule has 0 atom stereocenters. The molecule has 34 heavy (non-hydrogen) atoms. The number of para-hydroxylation sites is 1. The van der Waals surface area contributed by atoms with Crippen LogP contribution < -0.4 is 10.5 Å². The van der Waals surface area contributed by atoms with Gasteiger partial charge in [0.05, 0.1) is 11.4 Å². The van der Waals surface area contributed by atoms with Crippen LogP contribution >= 0.6 is 0 Å². The van der Waals surface area contributed by atoms with E-state index in [1.54, 1.807) is 34.8 Å². The third kappa shape index (κ3) is 4.02. The van der Waals surface area contributed by atoms with Crippen molar-refractivity contribution in [3.05, 3.63) is 70.5 Å². The Balaban J connectivity index is 1.30. The van der Waals surface area contributed by atoms with Crippen molar-refractivity contribution in [3.8, 4) is 5.69 Å². The molecule has 0 saturated carbocycles. The number of nitrogens with zero attached hydrogens (tertiary/aromatic N) is 8. The van der Waals surface area contributed by atoms with Crippen LogP contribution in [0.15, 0.2) is 53.6 Å². The minimum absolute atomic E-state index is 0.0225. The number of hydrogen-bond acceptors (Lipinski definition) is 7. The van der Waals surface area contributed by atoms with Gasteiger partial charge in [0.25, 0.3) is 5.56 Å². The molecule has 0 spiro atoms. The Kier molecular flexibility index (Phi) is 5.79. The molecular formula is C24H26N8O2. The van der Waals surface area contributed by atoms with Gasteiger partial charge in [0.2, 0.25) is 11.9 Å². The largest absolute Gasteiger partial charge is 0.339 e. The smallest absolute Gasteiger partial charge is 0.273 e. The van der Waals surface area contributed by atoms with E-state index in [1.807, 2.05) is 42.2 Å². The van der Waals surface area contributed by atoms with Crippen LogP contribution in [0.4, 0.5) is 5.95 Å². The zero-order valence-electron chi connectivity index (χ0n) is 19.3. The molecule has 1 fully saturated rings. The molecule has 0 radical (unpaired) electrons. The lowest BCUT2D eigenvalue weighted by Crippen LogP contribution is -2.49. The lowest BCUT2D eigenvalue weighted by molar-refractivity contribution is -0.131. The van der Waals surface area contributed by atoms with Crippen LogP contribution in [0, 0.1) is 6.92 Å². The van der Waals surface area contributed by atoms with Gasteiger partial charge >= 0.3 is 0 Å². The number of piperazine rings is 1. The van der Waals surface area contributed by atoms with E-state index in [0.29, 0.717) is 55.4 Å². The topological polar surface area (TPSA) is 102 Å². The molecule has 0 bridgehead atoms. The zero-order chi connectivity index (χ0) is 23.7. The van der Waals surface area contributed by atoms with Gasteiger partial charge in [-0.15, -0.1) is 0 Å². The number of carbonyl (C=O) groups excluding carboxylic acids is 1. The fourth-order valence-electron chi connectivity index (χ4n) is 4.32. The lowest BCUT2D eigenvalue weighted by Gasteiger charge is -2.34. The van der Waals surface area contributed by atoms with Gasteiger partial charge in [0.15, 0.2) is 5.65 Å². The summed E-state index contributed by atoms with van der Waals surface area (Å²) in [5.41, 5.74) is 3.09. The van der Waals surface area contributed by atoms with Crippen molar-refractivity contribution >= 4 is 23.0 Å². The van der Waals surface area contributed by atoms with E-state index in [0.717, 1.165) is 11.4 Å². The van der Waals surface area contributed by atoms with E-state index in [2.05, 4.69) is 25.0 Å². The van der Waals surface area contributed by atoms with Gasteiger partial charge in [-0.25, -0.2) is 19.6 Å². The number of aromatic nitrogens is 6. The highest BCUT2D eigenvalue weighted by atomic mass is 16.2. The molecule has 1 aliphatic heterocycles. The first-order chi connectivity index (χ1) is 16.5. The van der Waals surface area contributed by atoms with Gasteiger partial charge in [-0.05, 0) is 25.1 Å². The van der Waals surface area contributed by atoms with Crippen molar-refractivity contribution in [2.24, 2.45) is 7.05 Å². The summed E-state index contributed by atoms with van der Waals surface area (Å²) in [5, 5.41) is 4.61. The SMILES string of the molecule is Cc1nn(-c2ccccc2)c2c1nc(CCC(=O)N1CCN(c3ncccn3)CC1)c(=O)n2C. The van der Waals surface area contributed by atoms with E-state index < -0.39 is 0 Å². The summed E-state index contributed by atoms with van der Waals surface area (Å²) in [7, 11) is 1.73. The summed E-state index contributed by atoms with van der Waals surface area (Å²) in [6.45, 7) is 4.44. The van der Waals surface area contributed by atoms with Gasteiger partial charge in [0, 0.05) is 58.5 Å². The molecule has 0 aliphatic carbocycles. The third-order valence-corrected chi connectivity index (χ3v) is 6.16. The minimum atomic E-state index is -0.205. The molecule has 0 unspecified atom stereocenters. The first-order valence-corrected chi connectivity index (χ1v) is 11.3. The highest BCUT2D eigenvalue weighted by Crippen LogP contribution is 2.19. The van der Waals surface area contributed by atoms with E-state index in [4.69, 9.17) is 0 Å². The van der Waals surface area contributed by atoms with E-state index in [9.17, 15) is 9.59 Å². The predicted octanol–water partition coefficient (Wildman–Crippen LogP) is 1.50. The number of benzene rings is 1. The van der Waals surface area contributed by atoms with Crippen LogP contribution in [-0.4, -0.2) is 66.3 Å². The molecule has 0 N–H and O–H groups in total. The Hall–Kier alpha value is -4.08. The second-order valence-electron chi connectivity index (χ2n) is 8.34. The number of carbonyl (C=O) groups is 1. The van der Waals surface area contributed by atoms with Gasteiger partial charge < -0.3 is 9.80 Å². The normalized spacial score (nSPS) is 14.1. The van der Waals surface area contributed by atoms with E-state index >= 15 is 0 Å². The van der Waals surface area contributed by atoms with Crippen molar-refractivity contribution in [2.75, 3.05) is 31.1 Å². The predicted molar refractivity (Wildman–Crippen MR) is 128 cm³/mol. The monoisotopic (exact) mass is 458 g/mol. The number of aryl methyl sites for hydroxylation is 3. The fraction of sp³-hybridized carbons (Fsp3) is 0.333. The average molecular weight is 459 g/mol. The van der Waals surface area contributed by atoms with Gasteiger partial charge in [-0.3, -0.25) is 14.2 Å². The molecule has 10 nitrogen and oxygen atoms in total. The number of rotatable bonds is 5. The van der Waals surface area contributed by atoms with Gasteiger partial charge in [-0.1, -0.05) is 18.2 Å². The molecule has 174 valence electrons. The Morgan fingerprint density at radius 3 is 2.41 bits per heavy atom. The molecule has 3 aromatic heterocycles. The highest BCUT2D eigenvalue weighted by Gasteiger charge is 2.23. The third-order valence-electron chi connectivity index (χ3n) is 6.16. The Bertz CT molecular complexity index is 1370. The Morgan fingerprint density at radius 1 is 1.00 bits per heavy atom. The van der Waals surface area contributed by atoms with E-state index in [1.165, 1.54) is 0 Å². The maximum absolute atomic E-state index is 13.1. The molecule has 1 amide bonds. The lowest BCUT2D eigenvalue weighted by atomic mass is 10.2. The molecule has 4 heterocycles. The van der Waals surface area contributed by atoms with Crippen LogP contribution in [0.3, 0.4) is 0 Å². The fourth-order valence-corrected chi connectivity index (χ4v) is 4.32. The molecule has 10 heteroatoms. The summed E-state index contributed by atoms with van der Waals surface area (Å²) >= 11 is 0. The quantitative estimate of drug-likeness (QED) is 0.447. The number of anilines is 1. The first kappa shape index (κ1) is 21.7. The maximum Gasteiger partial charge on any atom is 0.273 e. The first-order valence-electron chi connectivity index (χ1n) is 11.3. The Morgan fingerprint density at radius 2 is 1.71 bits per heavy atom. The van der Waals surface area contributed by atoms with Crippen LogP contribution in [0.5, 0.6) is 0 Å². The Labute approximate surface area is 196 Å². The summed E-state index contributed by atoms with van der Waals surface area (Å²) in [4.78, 5) is 43.0. The van der Waals surface area contributed by atoms with Crippen LogP contribution in [0.1, 0.15) is 17.8 Å². The number of hydrogen-bond donors (Lipinski definition) is 0. The minimum Gasteiger partial charge on any atom is -0.339 e. The maximum atomic E-state index is 13.1. The van der Waals surface area contributed by atoms with Crippen LogP contribution in [0.2, 0.25) is 0 Å². The molecular weight excluding hydrogens is 432 g/mol. The number of amides is 1. The second kappa shape index (κ2) is 9.05. The molecule has 5 rings (SSSR count). The summed E-state index contributed by atoms with van der Waals surface area (Å²) < 4.78 is 3.32. The van der Waals surface area contributed by atoms with Crippen molar-refractivity contribution in [3.63, 3.8) is 0 Å². The summed E-state index contributed by atoms with van der Waals surface area (Å²) in [5.74, 6) is 0.705. The van der Waals surface area contributed by atoms with Crippen molar-refractivity contribution in [1.29, 1.82) is 0 Å². The van der Waals surface area contributed by atoms with Crippen molar-refractivity contribution < 1.29 is 4.79 Å². The average Bonchev–Trinajstić information content (AvgIpc) is 3.22. The van der Waals surface area contributed by atoms with Gasteiger partial charge in [0.1, 0.15) is 11.2 Å². The molecule has 1 saturated heterocycles. The summed E-state index contributed by atoms with van der Waals surface area (Å²) in [6, 6.07) is 11.4. The second-order valence-corrected chi connectivity index (χ2v) is 8.34. The zero-order valence-corrected chi connectivity index (χ0v) is 19.3. The standard InChI is InChI=1S/C24H26N8O2/c1-17-21-22(32(28-17)18-7-4-3-5-8-18)29(2)23(34)19(27-21)9-10-20(33)30-13-15-31(16-14-30)24-25-11-6-12-26-24/h3-8,11-12H,9-10,13-16H2,1-2H3. The van der Waals surface area contributed by atoms with Crippen molar-refractivity contribution in [1.82, 2.24) is 34.2 Å². The van der Waals surface area contributed by atoms with E-state index in [-0.39, 0.29) is 17.9 Å². The summed E-state index contributed by atoms with van der Waals surface area (Å²) in [6.07, 6.45) is 3.96. The van der Waals surface area contributed by atoms with Crippen LogP contribution in [0.25, 0.3) is 16.9 Å². The van der Waals surface area contributed by atoms with Gasteiger partial charge in [-0.2, -0.15) is 5.10 Å². The van der Waals surface area contributed by atoms with Crippen LogP contribution in [-0.2, 0) is 18.3 Å². The van der Waals surface area contributed by atoms with Crippen molar-refractivity contribution in [2.45, 2.75) is 19.8 Å². The molecule has 4 aromatic rings.